The molecule has 2 N–H and O–H groups in total. The third-order valence-corrected chi connectivity index (χ3v) is 4.04. The van der Waals surface area contributed by atoms with E-state index in [0.717, 1.165) is 58.0 Å². The van der Waals surface area contributed by atoms with Crippen molar-refractivity contribution in [2.45, 2.75) is 57.9 Å². The van der Waals surface area contributed by atoms with Gasteiger partial charge >= 0.3 is 5.97 Å². The van der Waals surface area contributed by atoms with Crippen molar-refractivity contribution >= 4 is 5.97 Å². The summed E-state index contributed by atoms with van der Waals surface area (Å²) in [5.74, 6) is -0.0831. The quantitative estimate of drug-likeness (QED) is 0.654. The Morgan fingerprint density at radius 1 is 1.28 bits per heavy atom. The Bertz CT molecular complexity index is 245. The highest BCUT2D eigenvalue weighted by molar-refractivity contribution is 5.73. The maximum absolute atomic E-state index is 11.3. The lowest BCUT2D eigenvalue weighted by atomic mass is 9.88. The van der Waals surface area contributed by atoms with Crippen molar-refractivity contribution in [3.8, 4) is 0 Å². The van der Waals surface area contributed by atoms with Crippen molar-refractivity contribution in [3.63, 3.8) is 0 Å². The number of aliphatic hydroxyl groups excluding tert-OH is 1. The molecule has 0 bridgehead atoms. The SMILES string of the molecule is CCC1CCN(CCCCCCO)C(C(=O)O)C1. The molecule has 0 aromatic carbocycles. The number of aliphatic hydroxyl groups is 1. The smallest absolute Gasteiger partial charge is 0.320 e. The molecule has 0 radical (unpaired) electrons. The predicted molar refractivity (Wildman–Crippen MR) is 71.6 cm³/mol. The average molecular weight is 257 g/mol. The largest absolute Gasteiger partial charge is 0.480 e. The highest BCUT2D eigenvalue weighted by Crippen LogP contribution is 2.25. The van der Waals surface area contributed by atoms with Crippen LogP contribution in [0.1, 0.15) is 51.9 Å². The van der Waals surface area contributed by atoms with Gasteiger partial charge in [0.15, 0.2) is 0 Å². The van der Waals surface area contributed by atoms with Crippen LogP contribution < -0.4 is 0 Å². The van der Waals surface area contributed by atoms with Crippen LogP contribution in [-0.2, 0) is 4.79 Å². The summed E-state index contributed by atoms with van der Waals surface area (Å²) >= 11 is 0. The maximum atomic E-state index is 11.3. The van der Waals surface area contributed by atoms with Gasteiger partial charge < -0.3 is 10.2 Å². The summed E-state index contributed by atoms with van der Waals surface area (Å²) in [6.45, 7) is 4.22. The summed E-state index contributed by atoms with van der Waals surface area (Å²) in [4.78, 5) is 13.4. The molecule has 0 spiro atoms. The fourth-order valence-corrected chi connectivity index (χ4v) is 2.76. The van der Waals surface area contributed by atoms with Crippen LogP contribution >= 0.6 is 0 Å². The van der Waals surface area contributed by atoms with Crippen molar-refractivity contribution in [1.82, 2.24) is 4.90 Å². The Hall–Kier alpha value is -0.610. The summed E-state index contributed by atoms with van der Waals surface area (Å²) in [6.07, 6.45) is 7.06. The molecule has 2 unspecified atom stereocenters. The van der Waals surface area contributed by atoms with Gasteiger partial charge in [0.25, 0.3) is 0 Å². The van der Waals surface area contributed by atoms with Gasteiger partial charge in [0.2, 0.25) is 0 Å². The third kappa shape index (κ3) is 4.94. The van der Waals surface area contributed by atoms with E-state index in [1.54, 1.807) is 0 Å². The molecule has 1 rings (SSSR count). The van der Waals surface area contributed by atoms with Crippen LogP contribution in [0.15, 0.2) is 0 Å². The number of carboxylic acid groups (broad SMARTS) is 1. The van der Waals surface area contributed by atoms with Gasteiger partial charge in [-0.2, -0.15) is 0 Å². The lowest BCUT2D eigenvalue weighted by Crippen LogP contribution is -2.47. The number of carboxylic acids is 1. The van der Waals surface area contributed by atoms with E-state index in [0.29, 0.717) is 5.92 Å². The molecule has 1 fully saturated rings. The first-order valence-corrected chi connectivity index (χ1v) is 7.26. The Morgan fingerprint density at radius 3 is 2.61 bits per heavy atom. The lowest BCUT2D eigenvalue weighted by Gasteiger charge is -2.36. The molecular weight excluding hydrogens is 230 g/mol. The Kier molecular flexibility index (Phi) is 7.28. The fraction of sp³-hybridized carbons (Fsp3) is 0.929. The molecule has 2 atom stereocenters. The zero-order valence-electron chi connectivity index (χ0n) is 11.5. The minimum Gasteiger partial charge on any atom is -0.480 e. The van der Waals surface area contributed by atoms with E-state index in [9.17, 15) is 9.90 Å². The standard InChI is InChI=1S/C14H27NO3/c1-2-12-7-9-15(13(11-12)14(17)18)8-5-3-4-6-10-16/h12-13,16H,2-11H2,1H3,(H,17,18). The van der Waals surface area contributed by atoms with Crippen molar-refractivity contribution < 1.29 is 15.0 Å². The highest BCUT2D eigenvalue weighted by atomic mass is 16.4. The monoisotopic (exact) mass is 257 g/mol. The topological polar surface area (TPSA) is 60.8 Å². The summed E-state index contributed by atoms with van der Waals surface area (Å²) in [5, 5.41) is 18.0. The highest BCUT2D eigenvalue weighted by Gasteiger charge is 2.31. The molecule has 106 valence electrons. The van der Waals surface area contributed by atoms with Gasteiger partial charge in [0.05, 0.1) is 0 Å². The number of unbranched alkanes of at least 4 members (excludes halogenated alkanes) is 3. The van der Waals surface area contributed by atoms with E-state index in [-0.39, 0.29) is 12.6 Å². The number of nitrogens with zero attached hydrogens (tertiary/aromatic N) is 1. The normalized spacial score (nSPS) is 25.2. The molecule has 0 aromatic heterocycles. The minimum absolute atomic E-state index is 0.264. The predicted octanol–water partition coefficient (Wildman–Crippen LogP) is 2.11. The molecule has 4 heteroatoms. The zero-order chi connectivity index (χ0) is 13.4. The summed E-state index contributed by atoms with van der Waals surface area (Å²) in [5.41, 5.74) is 0. The molecule has 1 heterocycles. The van der Waals surface area contributed by atoms with Crippen LogP contribution in [-0.4, -0.2) is 46.8 Å². The van der Waals surface area contributed by atoms with Gasteiger partial charge in [-0.05, 0) is 44.7 Å². The van der Waals surface area contributed by atoms with E-state index in [2.05, 4.69) is 11.8 Å². The van der Waals surface area contributed by atoms with Crippen LogP contribution in [0.25, 0.3) is 0 Å². The van der Waals surface area contributed by atoms with Gasteiger partial charge in [-0.25, -0.2) is 0 Å². The number of hydrogen-bond acceptors (Lipinski definition) is 3. The first-order chi connectivity index (χ1) is 8.69. The van der Waals surface area contributed by atoms with E-state index < -0.39 is 5.97 Å². The van der Waals surface area contributed by atoms with Gasteiger partial charge in [-0.15, -0.1) is 0 Å². The van der Waals surface area contributed by atoms with Crippen LogP contribution in [0.2, 0.25) is 0 Å². The number of likely N-dealkylation sites (tertiary alicyclic amines) is 1. The van der Waals surface area contributed by atoms with Gasteiger partial charge in [-0.3, -0.25) is 9.69 Å². The Labute approximate surface area is 110 Å². The molecule has 0 aliphatic carbocycles. The number of aliphatic carboxylic acids is 1. The lowest BCUT2D eigenvalue weighted by molar-refractivity contribution is -0.145. The third-order valence-electron chi connectivity index (χ3n) is 4.04. The van der Waals surface area contributed by atoms with Crippen LogP contribution in [0, 0.1) is 5.92 Å². The van der Waals surface area contributed by atoms with Crippen LogP contribution in [0.4, 0.5) is 0 Å². The van der Waals surface area contributed by atoms with Crippen molar-refractivity contribution in [3.05, 3.63) is 0 Å². The number of piperidine rings is 1. The van der Waals surface area contributed by atoms with Crippen LogP contribution in [0.3, 0.4) is 0 Å². The summed E-state index contributed by atoms with van der Waals surface area (Å²) in [6, 6.07) is -0.276. The van der Waals surface area contributed by atoms with Gasteiger partial charge in [0.1, 0.15) is 6.04 Å². The molecular formula is C14H27NO3. The maximum Gasteiger partial charge on any atom is 0.320 e. The van der Waals surface area contributed by atoms with E-state index in [1.807, 2.05) is 0 Å². The van der Waals surface area contributed by atoms with Gasteiger partial charge in [0, 0.05) is 6.61 Å². The minimum atomic E-state index is -0.663. The van der Waals surface area contributed by atoms with E-state index in [1.165, 1.54) is 0 Å². The van der Waals surface area contributed by atoms with Crippen molar-refractivity contribution in [2.75, 3.05) is 19.7 Å². The van der Waals surface area contributed by atoms with Gasteiger partial charge in [-0.1, -0.05) is 26.2 Å². The second-order valence-corrected chi connectivity index (χ2v) is 5.33. The number of hydrogen-bond donors (Lipinski definition) is 2. The molecule has 1 saturated heterocycles. The first-order valence-electron chi connectivity index (χ1n) is 7.26. The second kappa shape index (κ2) is 8.48. The van der Waals surface area contributed by atoms with E-state index >= 15 is 0 Å². The second-order valence-electron chi connectivity index (χ2n) is 5.33. The first kappa shape index (κ1) is 15.4. The molecule has 0 amide bonds. The summed E-state index contributed by atoms with van der Waals surface area (Å²) in [7, 11) is 0. The number of carbonyl (C=O) groups is 1. The number of rotatable bonds is 8. The molecule has 1 aliphatic heterocycles. The van der Waals surface area contributed by atoms with Crippen molar-refractivity contribution in [1.29, 1.82) is 0 Å². The molecule has 0 aromatic rings. The Morgan fingerprint density at radius 2 is 2.00 bits per heavy atom. The van der Waals surface area contributed by atoms with Crippen LogP contribution in [0.5, 0.6) is 0 Å². The zero-order valence-corrected chi connectivity index (χ0v) is 11.5. The molecule has 1 aliphatic rings. The molecule has 0 saturated carbocycles. The molecule has 18 heavy (non-hydrogen) atoms. The van der Waals surface area contributed by atoms with E-state index in [4.69, 9.17) is 5.11 Å². The fourth-order valence-electron chi connectivity index (χ4n) is 2.76. The average Bonchev–Trinajstić information content (AvgIpc) is 2.38. The molecule has 4 nitrogen and oxygen atoms in total. The summed E-state index contributed by atoms with van der Waals surface area (Å²) < 4.78 is 0. The van der Waals surface area contributed by atoms with Crippen molar-refractivity contribution in [2.24, 2.45) is 5.92 Å². The Balaban J connectivity index is 2.31.